The van der Waals surface area contributed by atoms with Crippen LogP contribution in [0.5, 0.6) is 0 Å². The Balaban J connectivity index is 1.57. The number of nitrogens with zero attached hydrogens (tertiary/aromatic N) is 4. The van der Waals surface area contributed by atoms with Gasteiger partial charge in [-0.3, -0.25) is 0 Å². The van der Waals surface area contributed by atoms with Crippen molar-refractivity contribution in [2.24, 2.45) is 0 Å². The SMILES string of the molecule is CN1CCN(c2cc(NCC3CCCO3)ncn2)CC1. The zero-order valence-electron chi connectivity index (χ0n) is 12.1. The highest BCUT2D eigenvalue weighted by Crippen LogP contribution is 2.17. The molecular formula is C14H23N5O. The summed E-state index contributed by atoms with van der Waals surface area (Å²) in [4.78, 5) is 13.3. The fraction of sp³-hybridized carbons (Fsp3) is 0.714. The van der Waals surface area contributed by atoms with E-state index in [2.05, 4.69) is 32.1 Å². The van der Waals surface area contributed by atoms with Crippen LogP contribution in [0.1, 0.15) is 12.8 Å². The highest BCUT2D eigenvalue weighted by atomic mass is 16.5. The van der Waals surface area contributed by atoms with Crippen LogP contribution in [0.15, 0.2) is 12.4 Å². The lowest BCUT2D eigenvalue weighted by Crippen LogP contribution is -2.44. The summed E-state index contributed by atoms with van der Waals surface area (Å²) in [7, 11) is 2.16. The van der Waals surface area contributed by atoms with E-state index in [0.29, 0.717) is 6.10 Å². The molecule has 3 rings (SSSR count). The fourth-order valence-corrected chi connectivity index (χ4v) is 2.68. The van der Waals surface area contributed by atoms with Gasteiger partial charge in [0.25, 0.3) is 0 Å². The minimum absolute atomic E-state index is 0.331. The Morgan fingerprint density at radius 3 is 2.90 bits per heavy atom. The molecule has 1 aromatic heterocycles. The molecule has 3 heterocycles. The van der Waals surface area contributed by atoms with Crippen molar-refractivity contribution < 1.29 is 4.74 Å². The molecule has 6 heteroatoms. The molecule has 2 aliphatic rings. The predicted molar refractivity (Wildman–Crippen MR) is 79.2 cm³/mol. The Kier molecular flexibility index (Phi) is 4.32. The van der Waals surface area contributed by atoms with Gasteiger partial charge in [-0.2, -0.15) is 0 Å². The number of piperazine rings is 1. The van der Waals surface area contributed by atoms with Crippen molar-refractivity contribution in [2.75, 3.05) is 56.6 Å². The normalized spacial score (nSPS) is 24.1. The van der Waals surface area contributed by atoms with E-state index in [-0.39, 0.29) is 0 Å². The summed E-state index contributed by atoms with van der Waals surface area (Å²) in [5.74, 6) is 1.91. The van der Waals surface area contributed by atoms with Crippen molar-refractivity contribution in [3.05, 3.63) is 12.4 Å². The van der Waals surface area contributed by atoms with E-state index in [9.17, 15) is 0 Å². The molecule has 2 aliphatic heterocycles. The fourth-order valence-electron chi connectivity index (χ4n) is 2.68. The molecule has 6 nitrogen and oxygen atoms in total. The summed E-state index contributed by atoms with van der Waals surface area (Å²) in [6, 6.07) is 2.04. The molecule has 0 spiro atoms. The van der Waals surface area contributed by atoms with Crippen LogP contribution in [0.3, 0.4) is 0 Å². The van der Waals surface area contributed by atoms with Crippen molar-refractivity contribution in [1.82, 2.24) is 14.9 Å². The van der Waals surface area contributed by atoms with E-state index >= 15 is 0 Å². The standard InChI is InChI=1S/C14H23N5O/c1-18-4-6-19(7-5-18)14-9-13(16-11-17-14)15-10-12-3-2-8-20-12/h9,11-12H,2-8,10H2,1H3,(H,15,16,17). The summed E-state index contributed by atoms with van der Waals surface area (Å²) >= 11 is 0. The number of aromatic nitrogens is 2. The first kappa shape index (κ1) is 13.6. The third-order valence-corrected chi connectivity index (χ3v) is 4.01. The van der Waals surface area contributed by atoms with Gasteiger partial charge in [-0.05, 0) is 19.9 Å². The molecule has 20 heavy (non-hydrogen) atoms. The summed E-state index contributed by atoms with van der Waals surface area (Å²) in [6.07, 6.45) is 4.29. The zero-order chi connectivity index (χ0) is 13.8. The molecule has 2 saturated heterocycles. The zero-order valence-corrected chi connectivity index (χ0v) is 12.1. The van der Waals surface area contributed by atoms with E-state index < -0.39 is 0 Å². The van der Waals surface area contributed by atoms with Gasteiger partial charge in [-0.15, -0.1) is 0 Å². The third-order valence-electron chi connectivity index (χ3n) is 4.01. The lowest BCUT2D eigenvalue weighted by molar-refractivity contribution is 0.120. The Labute approximate surface area is 120 Å². The van der Waals surface area contributed by atoms with E-state index in [1.165, 1.54) is 6.42 Å². The molecule has 1 unspecified atom stereocenters. The molecule has 0 aliphatic carbocycles. The van der Waals surface area contributed by atoms with Gasteiger partial charge in [-0.25, -0.2) is 9.97 Å². The second kappa shape index (κ2) is 6.37. The number of likely N-dealkylation sites (N-methyl/N-ethyl adjacent to an activating group) is 1. The Morgan fingerprint density at radius 2 is 2.15 bits per heavy atom. The number of anilines is 2. The molecular weight excluding hydrogens is 254 g/mol. The largest absolute Gasteiger partial charge is 0.376 e. The number of rotatable bonds is 4. The van der Waals surface area contributed by atoms with Gasteiger partial charge in [0.05, 0.1) is 6.10 Å². The van der Waals surface area contributed by atoms with E-state index in [0.717, 1.165) is 57.4 Å². The minimum Gasteiger partial charge on any atom is -0.376 e. The second-order valence-corrected chi connectivity index (χ2v) is 5.57. The van der Waals surface area contributed by atoms with Gasteiger partial charge in [0.2, 0.25) is 0 Å². The van der Waals surface area contributed by atoms with Crippen LogP contribution < -0.4 is 10.2 Å². The molecule has 110 valence electrons. The molecule has 0 aromatic carbocycles. The van der Waals surface area contributed by atoms with Crippen LogP contribution in [0.2, 0.25) is 0 Å². The second-order valence-electron chi connectivity index (χ2n) is 5.57. The third kappa shape index (κ3) is 3.37. The Bertz CT molecular complexity index is 427. The van der Waals surface area contributed by atoms with E-state index in [1.807, 2.05) is 6.07 Å². The Hall–Kier alpha value is -1.40. The summed E-state index contributed by atoms with van der Waals surface area (Å²) < 4.78 is 5.61. The van der Waals surface area contributed by atoms with Crippen LogP contribution in [-0.2, 0) is 4.74 Å². The summed E-state index contributed by atoms with van der Waals surface area (Å²) in [5, 5.41) is 3.36. The molecule has 1 N–H and O–H groups in total. The maximum absolute atomic E-state index is 5.61. The van der Waals surface area contributed by atoms with Gasteiger partial charge >= 0.3 is 0 Å². The first-order valence-electron chi connectivity index (χ1n) is 7.42. The average Bonchev–Trinajstić information content (AvgIpc) is 3.00. The maximum atomic E-state index is 5.61. The molecule has 0 amide bonds. The molecule has 0 radical (unpaired) electrons. The predicted octanol–water partition coefficient (Wildman–Crippen LogP) is 0.819. The molecule has 0 bridgehead atoms. The summed E-state index contributed by atoms with van der Waals surface area (Å²) in [5.41, 5.74) is 0. The highest BCUT2D eigenvalue weighted by molar-refractivity contribution is 5.48. The summed E-state index contributed by atoms with van der Waals surface area (Å²) in [6.45, 7) is 5.95. The van der Waals surface area contributed by atoms with Crippen molar-refractivity contribution in [3.63, 3.8) is 0 Å². The number of nitrogens with one attached hydrogen (secondary N) is 1. The van der Waals surface area contributed by atoms with Crippen molar-refractivity contribution >= 4 is 11.6 Å². The van der Waals surface area contributed by atoms with E-state index in [1.54, 1.807) is 6.33 Å². The quantitative estimate of drug-likeness (QED) is 0.879. The van der Waals surface area contributed by atoms with Crippen molar-refractivity contribution in [3.8, 4) is 0 Å². The van der Waals surface area contributed by atoms with Gasteiger partial charge in [0, 0.05) is 45.4 Å². The molecule has 2 fully saturated rings. The lowest BCUT2D eigenvalue weighted by Gasteiger charge is -2.33. The minimum atomic E-state index is 0.331. The topological polar surface area (TPSA) is 53.5 Å². The highest BCUT2D eigenvalue weighted by Gasteiger charge is 2.17. The lowest BCUT2D eigenvalue weighted by atomic mass is 10.2. The van der Waals surface area contributed by atoms with Gasteiger partial charge in [0.15, 0.2) is 0 Å². The number of ether oxygens (including phenoxy) is 1. The van der Waals surface area contributed by atoms with E-state index in [4.69, 9.17) is 4.74 Å². The monoisotopic (exact) mass is 277 g/mol. The number of hydrogen-bond acceptors (Lipinski definition) is 6. The van der Waals surface area contributed by atoms with Crippen molar-refractivity contribution in [1.29, 1.82) is 0 Å². The first-order chi connectivity index (χ1) is 9.81. The van der Waals surface area contributed by atoms with Crippen molar-refractivity contribution in [2.45, 2.75) is 18.9 Å². The van der Waals surface area contributed by atoms with Crippen LogP contribution in [0.25, 0.3) is 0 Å². The first-order valence-corrected chi connectivity index (χ1v) is 7.42. The Morgan fingerprint density at radius 1 is 1.30 bits per heavy atom. The molecule has 0 saturated carbocycles. The van der Waals surface area contributed by atoms with Gasteiger partial charge < -0.3 is 19.9 Å². The maximum Gasteiger partial charge on any atom is 0.134 e. The van der Waals surface area contributed by atoms with Gasteiger partial charge in [-0.1, -0.05) is 0 Å². The molecule has 1 atom stereocenters. The van der Waals surface area contributed by atoms with Crippen LogP contribution in [-0.4, -0.2) is 67.4 Å². The number of hydrogen-bond donors (Lipinski definition) is 1. The van der Waals surface area contributed by atoms with Gasteiger partial charge in [0.1, 0.15) is 18.0 Å². The van der Waals surface area contributed by atoms with Crippen LogP contribution in [0, 0.1) is 0 Å². The molecule has 1 aromatic rings. The van der Waals surface area contributed by atoms with Crippen LogP contribution >= 0.6 is 0 Å². The average molecular weight is 277 g/mol. The smallest absolute Gasteiger partial charge is 0.134 e. The van der Waals surface area contributed by atoms with Crippen LogP contribution in [0.4, 0.5) is 11.6 Å².